The highest BCUT2D eigenvalue weighted by atomic mass is 16.1. The minimum absolute atomic E-state index is 0.0936. The van der Waals surface area contributed by atoms with Gasteiger partial charge < -0.3 is 11.1 Å². The average molecular weight is 204 g/mol. The average Bonchev–Trinajstić information content (AvgIpc) is 2.16. The van der Waals surface area contributed by atoms with Crippen LogP contribution < -0.4 is 11.1 Å². The molecule has 0 saturated carbocycles. The number of primary amides is 1. The monoisotopic (exact) mass is 204 g/mol. The van der Waals surface area contributed by atoms with Crippen molar-refractivity contribution in [2.45, 2.75) is 19.4 Å². The maximum Gasteiger partial charge on any atom is 0.219 e. The molecule has 3 N–H and O–H groups in total. The number of anilines is 1. The summed E-state index contributed by atoms with van der Waals surface area (Å²) in [5.74, 6) is 0.203. The van der Waals surface area contributed by atoms with Crippen LogP contribution in [0.2, 0.25) is 0 Å². The van der Waals surface area contributed by atoms with Gasteiger partial charge in [-0.15, -0.1) is 0 Å². The smallest absolute Gasteiger partial charge is 0.219 e. The maximum atomic E-state index is 10.6. The van der Waals surface area contributed by atoms with Gasteiger partial charge in [0, 0.05) is 18.7 Å². The van der Waals surface area contributed by atoms with Gasteiger partial charge in [0.05, 0.1) is 11.6 Å². The summed E-state index contributed by atoms with van der Waals surface area (Å²) in [5, 5.41) is 11.6. The van der Waals surface area contributed by atoms with Crippen molar-refractivity contribution in [2.75, 3.05) is 5.32 Å². The molecule has 0 aliphatic carbocycles. The molecule has 0 bridgehead atoms. The summed E-state index contributed by atoms with van der Waals surface area (Å²) in [6.07, 6.45) is 1.77. The molecule has 0 radical (unpaired) electrons. The second-order valence-electron chi connectivity index (χ2n) is 3.26. The highest BCUT2D eigenvalue weighted by Crippen LogP contribution is 2.08. The summed E-state index contributed by atoms with van der Waals surface area (Å²) in [7, 11) is 0. The van der Waals surface area contributed by atoms with Gasteiger partial charge in [0.1, 0.15) is 5.82 Å². The van der Waals surface area contributed by atoms with Crippen molar-refractivity contribution in [3.05, 3.63) is 23.9 Å². The van der Waals surface area contributed by atoms with E-state index in [2.05, 4.69) is 10.3 Å². The van der Waals surface area contributed by atoms with E-state index in [0.717, 1.165) is 0 Å². The lowest BCUT2D eigenvalue weighted by atomic mass is 10.2. The standard InChI is InChI=1S/C10H12N4O/c1-7(4-9(12)15)14-10-5-8(6-11)2-3-13-10/h2-3,5,7H,4H2,1H3,(H2,12,15)(H,13,14). The Kier molecular flexibility index (Phi) is 3.63. The summed E-state index contributed by atoms with van der Waals surface area (Å²) >= 11 is 0. The van der Waals surface area contributed by atoms with Crippen LogP contribution in [0.4, 0.5) is 5.82 Å². The van der Waals surface area contributed by atoms with Gasteiger partial charge in [-0.25, -0.2) is 4.98 Å². The quantitative estimate of drug-likeness (QED) is 0.752. The molecule has 0 aromatic carbocycles. The van der Waals surface area contributed by atoms with Crippen LogP contribution in [0, 0.1) is 11.3 Å². The Morgan fingerprint density at radius 3 is 3.13 bits per heavy atom. The molecule has 1 atom stereocenters. The van der Waals surface area contributed by atoms with Crippen LogP contribution >= 0.6 is 0 Å². The van der Waals surface area contributed by atoms with Gasteiger partial charge in [0.2, 0.25) is 5.91 Å². The number of hydrogen-bond donors (Lipinski definition) is 2. The van der Waals surface area contributed by atoms with Gasteiger partial charge in [-0.3, -0.25) is 4.79 Å². The van der Waals surface area contributed by atoms with E-state index in [1.807, 2.05) is 13.0 Å². The predicted molar refractivity (Wildman–Crippen MR) is 55.8 cm³/mol. The van der Waals surface area contributed by atoms with E-state index < -0.39 is 0 Å². The molecular formula is C10H12N4O. The molecule has 0 spiro atoms. The first-order valence-corrected chi connectivity index (χ1v) is 4.53. The number of rotatable bonds is 4. The zero-order chi connectivity index (χ0) is 11.3. The van der Waals surface area contributed by atoms with Crippen LogP contribution in [0.5, 0.6) is 0 Å². The summed E-state index contributed by atoms with van der Waals surface area (Å²) in [5.41, 5.74) is 5.58. The number of hydrogen-bond acceptors (Lipinski definition) is 4. The lowest BCUT2D eigenvalue weighted by Gasteiger charge is -2.12. The zero-order valence-corrected chi connectivity index (χ0v) is 8.40. The van der Waals surface area contributed by atoms with Gasteiger partial charge in [-0.1, -0.05) is 0 Å². The molecule has 1 heterocycles. The topological polar surface area (TPSA) is 91.8 Å². The third-order valence-electron chi connectivity index (χ3n) is 1.79. The Hall–Kier alpha value is -2.09. The van der Waals surface area contributed by atoms with Crippen molar-refractivity contribution in [3.63, 3.8) is 0 Å². The van der Waals surface area contributed by atoms with Crippen molar-refractivity contribution in [2.24, 2.45) is 5.73 Å². The number of aromatic nitrogens is 1. The second-order valence-corrected chi connectivity index (χ2v) is 3.26. The lowest BCUT2D eigenvalue weighted by molar-refractivity contribution is -0.118. The van der Waals surface area contributed by atoms with Crippen LogP contribution in [0.3, 0.4) is 0 Å². The van der Waals surface area contributed by atoms with E-state index in [1.54, 1.807) is 12.1 Å². The molecule has 0 aliphatic rings. The second kappa shape index (κ2) is 4.96. The first-order chi connectivity index (χ1) is 7.11. The van der Waals surface area contributed by atoms with Crippen molar-refractivity contribution in [3.8, 4) is 6.07 Å². The van der Waals surface area contributed by atoms with Crippen molar-refractivity contribution in [1.29, 1.82) is 5.26 Å². The molecule has 1 rings (SSSR count). The molecule has 0 aliphatic heterocycles. The Labute approximate surface area is 87.9 Å². The molecule has 5 heteroatoms. The third kappa shape index (κ3) is 3.65. The Balaban J connectivity index is 2.64. The Morgan fingerprint density at radius 1 is 1.80 bits per heavy atom. The van der Waals surface area contributed by atoms with Crippen molar-refractivity contribution >= 4 is 11.7 Å². The number of nitriles is 1. The summed E-state index contributed by atoms with van der Waals surface area (Å²) < 4.78 is 0. The van der Waals surface area contributed by atoms with E-state index in [4.69, 9.17) is 11.0 Å². The van der Waals surface area contributed by atoms with E-state index >= 15 is 0 Å². The molecule has 78 valence electrons. The van der Waals surface area contributed by atoms with E-state index in [9.17, 15) is 4.79 Å². The SMILES string of the molecule is CC(CC(N)=O)Nc1cc(C#N)ccn1. The maximum absolute atomic E-state index is 10.6. The molecule has 15 heavy (non-hydrogen) atoms. The highest BCUT2D eigenvalue weighted by molar-refractivity contribution is 5.74. The fraction of sp³-hybridized carbons (Fsp3) is 0.300. The van der Waals surface area contributed by atoms with E-state index in [-0.39, 0.29) is 18.4 Å². The molecule has 0 saturated heterocycles. The number of nitrogens with zero attached hydrogens (tertiary/aromatic N) is 2. The molecule has 1 aromatic heterocycles. The summed E-state index contributed by atoms with van der Waals surface area (Å²) in [4.78, 5) is 14.7. The van der Waals surface area contributed by atoms with E-state index in [0.29, 0.717) is 11.4 Å². The molecule has 1 aromatic rings. The van der Waals surface area contributed by atoms with Crippen LogP contribution in [-0.2, 0) is 4.79 Å². The fourth-order valence-electron chi connectivity index (χ4n) is 1.18. The minimum atomic E-state index is -0.369. The number of nitrogens with two attached hydrogens (primary N) is 1. The number of nitrogens with one attached hydrogen (secondary N) is 1. The van der Waals surface area contributed by atoms with Gasteiger partial charge in [0.25, 0.3) is 0 Å². The number of amides is 1. The van der Waals surface area contributed by atoms with Crippen molar-refractivity contribution in [1.82, 2.24) is 4.98 Å². The van der Waals surface area contributed by atoms with Gasteiger partial charge >= 0.3 is 0 Å². The predicted octanol–water partition coefficient (Wildman–Crippen LogP) is 0.629. The van der Waals surface area contributed by atoms with E-state index in [1.165, 1.54) is 6.20 Å². The first-order valence-electron chi connectivity index (χ1n) is 4.53. The lowest BCUT2D eigenvalue weighted by Crippen LogP contribution is -2.24. The minimum Gasteiger partial charge on any atom is -0.370 e. The molecule has 0 fully saturated rings. The van der Waals surface area contributed by atoms with Gasteiger partial charge in [-0.05, 0) is 19.1 Å². The Bertz CT molecular complexity index is 397. The summed E-state index contributed by atoms with van der Waals surface area (Å²) in [6, 6.07) is 5.15. The van der Waals surface area contributed by atoms with Crippen molar-refractivity contribution < 1.29 is 4.79 Å². The van der Waals surface area contributed by atoms with Crippen LogP contribution in [0.25, 0.3) is 0 Å². The van der Waals surface area contributed by atoms with Crippen LogP contribution in [0.1, 0.15) is 18.9 Å². The van der Waals surface area contributed by atoms with Crippen LogP contribution in [-0.4, -0.2) is 16.9 Å². The molecule has 1 unspecified atom stereocenters. The van der Waals surface area contributed by atoms with Gasteiger partial charge in [0.15, 0.2) is 0 Å². The molecular weight excluding hydrogens is 192 g/mol. The third-order valence-corrected chi connectivity index (χ3v) is 1.79. The number of pyridine rings is 1. The zero-order valence-electron chi connectivity index (χ0n) is 8.40. The fourth-order valence-corrected chi connectivity index (χ4v) is 1.18. The number of carbonyl (C=O) groups is 1. The number of carbonyl (C=O) groups excluding carboxylic acids is 1. The summed E-state index contributed by atoms with van der Waals surface area (Å²) in [6.45, 7) is 1.82. The normalized spacial score (nSPS) is 11.5. The first kappa shape index (κ1) is 11.0. The molecule has 1 amide bonds. The molecule has 5 nitrogen and oxygen atoms in total. The largest absolute Gasteiger partial charge is 0.370 e. The Morgan fingerprint density at radius 2 is 2.53 bits per heavy atom. The van der Waals surface area contributed by atoms with Crippen LogP contribution in [0.15, 0.2) is 18.3 Å². The van der Waals surface area contributed by atoms with Gasteiger partial charge in [-0.2, -0.15) is 5.26 Å². The highest BCUT2D eigenvalue weighted by Gasteiger charge is 2.06.